The average molecular weight is 411 g/mol. The molecule has 0 radical (unpaired) electrons. The third kappa shape index (κ3) is 5.46. The molecule has 0 aliphatic carbocycles. The van der Waals surface area contributed by atoms with E-state index in [1.807, 2.05) is 6.92 Å². The van der Waals surface area contributed by atoms with Crippen LogP contribution in [-0.2, 0) is 4.79 Å². The van der Waals surface area contributed by atoms with Crippen molar-refractivity contribution in [2.75, 3.05) is 10.6 Å². The van der Waals surface area contributed by atoms with Gasteiger partial charge in [-0.15, -0.1) is 0 Å². The van der Waals surface area contributed by atoms with Crippen LogP contribution in [0.4, 0.5) is 15.8 Å². The SMILES string of the molecule is Cc1ccc(C(=O)Nc2ccc(F)c(Cl)c2)cc1NC(=O)/C=C/c1cncnc1. The first-order chi connectivity index (χ1) is 13.9. The quantitative estimate of drug-likeness (QED) is 0.607. The van der Waals surface area contributed by atoms with Crippen molar-refractivity contribution in [1.82, 2.24) is 9.97 Å². The first kappa shape index (κ1) is 20.2. The number of rotatable bonds is 5. The van der Waals surface area contributed by atoms with E-state index < -0.39 is 11.7 Å². The minimum Gasteiger partial charge on any atom is -0.322 e. The largest absolute Gasteiger partial charge is 0.322 e. The monoisotopic (exact) mass is 410 g/mol. The summed E-state index contributed by atoms with van der Waals surface area (Å²) in [6.45, 7) is 1.81. The highest BCUT2D eigenvalue weighted by Gasteiger charge is 2.11. The molecule has 0 aliphatic rings. The molecule has 3 rings (SSSR count). The zero-order valence-electron chi connectivity index (χ0n) is 15.3. The average Bonchev–Trinajstić information content (AvgIpc) is 2.71. The molecule has 2 amide bonds. The molecule has 1 heterocycles. The van der Waals surface area contributed by atoms with E-state index in [0.29, 0.717) is 22.5 Å². The molecule has 3 aromatic rings. The Morgan fingerprint density at radius 3 is 2.55 bits per heavy atom. The summed E-state index contributed by atoms with van der Waals surface area (Å²) in [6, 6.07) is 8.81. The number of nitrogens with one attached hydrogen (secondary N) is 2. The first-order valence-electron chi connectivity index (χ1n) is 8.53. The Balaban J connectivity index is 1.71. The number of hydrogen-bond acceptors (Lipinski definition) is 4. The highest BCUT2D eigenvalue weighted by molar-refractivity contribution is 6.31. The number of carbonyl (C=O) groups excluding carboxylic acids is 2. The van der Waals surface area contributed by atoms with Crippen molar-refractivity contribution in [3.05, 3.63) is 88.7 Å². The van der Waals surface area contributed by atoms with Gasteiger partial charge in [-0.1, -0.05) is 17.7 Å². The van der Waals surface area contributed by atoms with Crippen LogP contribution in [0.25, 0.3) is 6.08 Å². The molecular formula is C21H16ClFN4O2. The molecule has 2 N–H and O–H groups in total. The van der Waals surface area contributed by atoms with E-state index in [9.17, 15) is 14.0 Å². The standard InChI is InChI=1S/C21H16ClFN4O2/c1-13-2-4-15(21(29)26-16-5-6-18(23)17(22)9-16)8-19(13)27-20(28)7-3-14-10-24-12-25-11-14/h2-12H,1H3,(H,26,29)(H,27,28)/b7-3+. The van der Waals surface area contributed by atoms with Crippen LogP contribution >= 0.6 is 11.6 Å². The van der Waals surface area contributed by atoms with Gasteiger partial charge in [-0.25, -0.2) is 14.4 Å². The molecule has 8 heteroatoms. The number of benzene rings is 2. The highest BCUT2D eigenvalue weighted by atomic mass is 35.5. The van der Waals surface area contributed by atoms with Crippen LogP contribution in [0.1, 0.15) is 21.5 Å². The van der Waals surface area contributed by atoms with E-state index in [4.69, 9.17) is 11.6 Å². The summed E-state index contributed by atoms with van der Waals surface area (Å²) in [4.78, 5) is 32.4. The van der Waals surface area contributed by atoms with Crippen molar-refractivity contribution < 1.29 is 14.0 Å². The molecule has 0 atom stereocenters. The molecule has 29 heavy (non-hydrogen) atoms. The fourth-order valence-corrected chi connectivity index (χ4v) is 2.60. The summed E-state index contributed by atoms with van der Waals surface area (Å²) >= 11 is 5.73. The summed E-state index contributed by atoms with van der Waals surface area (Å²) < 4.78 is 13.3. The van der Waals surface area contributed by atoms with Crippen molar-refractivity contribution in [2.45, 2.75) is 6.92 Å². The molecule has 1 aromatic heterocycles. The summed E-state index contributed by atoms with van der Waals surface area (Å²) in [6.07, 6.45) is 7.49. The number of nitrogens with zero attached hydrogens (tertiary/aromatic N) is 2. The zero-order chi connectivity index (χ0) is 20.8. The third-order valence-corrected chi connectivity index (χ3v) is 4.23. The van der Waals surface area contributed by atoms with E-state index in [1.54, 1.807) is 36.7 Å². The van der Waals surface area contributed by atoms with Gasteiger partial charge in [-0.2, -0.15) is 0 Å². The normalized spacial score (nSPS) is 10.7. The Morgan fingerprint density at radius 2 is 1.83 bits per heavy atom. The lowest BCUT2D eigenvalue weighted by Crippen LogP contribution is -2.14. The van der Waals surface area contributed by atoms with E-state index in [-0.39, 0.29) is 10.9 Å². The lowest BCUT2D eigenvalue weighted by Gasteiger charge is -2.10. The molecule has 0 aliphatic heterocycles. The third-order valence-electron chi connectivity index (χ3n) is 3.94. The van der Waals surface area contributed by atoms with Crippen molar-refractivity contribution in [1.29, 1.82) is 0 Å². The Bertz CT molecular complexity index is 1090. The van der Waals surface area contributed by atoms with Gasteiger partial charge in [0.25, 0.3) is 5.91 Å². The number of aromatic nitrogens is 2. The van der Waals surface area contributed by atoms with Crippen LogP contribution in [0, 0.1) is 12.7 Å². The Hall–Kier alpha value is -3.58. The van der Waals surface area contributed by atoms with Crippen LogP contribution in [-0.4, -0.2) is 21.8 Å². The number of carbonyl (C=O) groups is 2. The van der Waals surface area contributed by atoms with E-state index >= 15 is 0 Å². The van der Waals surface area contributed by atoms with E-state index in [1.165, 1.54) is 30.6 Å². The van der Waals surface area contributed by atoms with Crippen molar-refractivity contribution in [2.24, 2.45) is 0 Å². The maximum Gasteiger partial charge on any atom is 0.255 e. The second kappa shape index (κ2) is 9.07. The highest BCUT2D eigenvalue weighted by Crippen LogP contribution is 2.21. The number of halogens is 2. The van der Waals surface area contributed by atoms with Crippen LogP contribution in [0.2, 0.25) is 5.02 Å². The Kier molecular flexibility index (Phi) is 6.31. The number of anilines is 2. The molecule has 6 nitrogen and oxygen atoms in total. The van der Waals surface area contributed by atoms with Crippen molar-refractivity contribution in [3.8, 4) is 0 Å². The van der Waals surface area contributed by atoms with Crippen LogP contribution in [0.15, 0.2) is 61.2 Å². The molecule has 0 unspecified atom stereocenters. The van der Waals surface area contributed by atoms with Gasteiger partial charge >= 0.3 is 0 Å². The lowest BCUT2D eigenvalue weighted by molar-refractivity contribution is -0.111. The van der Waals surface area contributed by atoms with Crippen LogP contribution in [0.5, 0.6) is 0 Å². The molecule has 0 saturated heterocycles. The second-order valence-electron chi connectivity index (χ2n) is 6.11. The fourth-order valence-electron chi connectivity index (χ4n) is 2.42. The van der Waals surface area contributed by atoms with Gasteiger partial charge in [0.2, 0.25) is 5.91 Å². The smallest absolute Gasteiger partial charge is 0.255 e. The van der Waals surface area contributed by atoms with Crippen LogP contribution < -0.4 is 10.6 Å². The van der Waals surface area contributed by atoms with Gasteiger partial charge in [-0.3, -0.25) is 9.59 Å². The predicted octanol–water partition coefficient (Wildman–Crippen LogP) is 4.48. The predicted molar refractivity (Wildman–Crippen MR) is 110 cm³/mol. The molecular weight excluding hydrogens is 395 g/mol. The Morgan fingerprint density at radius 1 is 1.07 bits per heavy atom. The van der Waals surface area contributed by atoms with Gasteiger partial charge in [0.1, 0.15) is 12.1 Å². The van der Waals surface area contributed by atoms with Gasteiger partial charge in [0.15, 0.2) is 0 Å². The molecule has 0 bridgehead atoms. The van der Waals surface area contributed by atoms with Gasteiger partial charge in [0, 0.05) is 41.0 Å². The summed E-state index contributed by atoms with van der Waals surface area (Å²) in [7, 11) is 0. The second-order valence-corrected chi connectivity index (χ2v) is 6.51. The maximum absolute atomic E-state index is 13.3. The molecule has 0 fully saturated rings. The van der Waals surface area contributed by atoms with Gasteiger partial charge in [-0.05, 0) is 48.9 Å². The number of amides is 2. The number of hydrogen-bond donors (Lipinski definition) is 2. The van der Waals surface area contributed by atoms with Gasteiger partial charge in [0.05, 0.1) is 5.02 Å². The lowest BCUT2D eigenvalue weighted by atomic mass is 10.1. The number of aryl methyl sites for hydroxylation is 1. The fraction of sp³-hybridized carbons (Fsp3) is 0.0476. The van der Waals surface area contributed by atoms with E-state index in [0.717, 1.165) is 5.56 Å². The summed E-state index contributed by atoms with van der Waals surface area (Å²) in [5, 5.41) is 5.29. The zero-order valence-corrected chi connectivity index (χ0v) is 16.1. The summed E-state index contributed by atoms with van der Waals surface area (Å²) in [5.74, 6) is -1.35. The molecule has 0 spiro atoms. The topological polar surface area (TPSA) is 84.0 Å². The maximum atomic E-state index is 13.3. The molecule has 2 aromatic carbocycles. The van der Waals surface area contributed by atoms with Crippen LogP contribution in [0.3, 0.4) is 0 Å². The minimum atomic E-state index is -0.569. The van der Waals surface area contributed by atoms with Crippen molar-refractivity contribution >= 4 is 40.9 Å². The molecule has 146 valence electrons. The van der Waals surface area contributed by atoms with Gasteiger partial charge < -0.3 is 10.6 Å². The van der Waals surface area contributed by atoms with E-state index in [2.05, 4.69) is 20.6 Å². The first-order valence-corrected chi connectivity index (χ1v) is 8.91. The Labute approximate surface area is 171 Å². The minimum absolute atomic E-state index is 0.0877. The van der Waals surface area contributed by atoms with Crippen molar-refractivity contribution in [3.63, 3.8) is 0 Å². The molecule has 0 saturated carbocycles. The summed E-state index contributed by atoms with van der Waals surface area (Å²) in [5.41, 5.74) is 2.66.